The van der Waals surface area contributed by atoms with Crippen molar-refractivity contribution in [3.63, 3.8) is 0 Å². The van der Waals surface area contributed by atoms with Gasteiger partial charge in [0, 0.05) is 12.0 Å². The third-order valence-corrected chi connectivity index (χ3v) is 3.50. The van der Waals surface area contributed by atoms with Gasteiger partial charge in [-0.2, -0.15) is 11.8 Å². The van der Waals surface area contributed by atoms with Crippen molar-refractivity contribution in [3.05, 3.63) is 29.6 Å². The van der Waals surface area contributed by atoms with E-state index in [1.165, 1.54) is 0 Å². The summed E-state index contributed by atoms with van der Waals surface area (Å²) in [5.74, 6) is 2.67. The lowest BCUT2D eigenvalue weighted by Crippen LogP contribution is -2.02. The highest BCUT2D eigenvalue weighted by Crippen LogP contribution is 2.15. The molecule has 4 heteroatoms. The number of imidazole rings is 1. The van der Waals surface area contributed by atoms with E-state index in [-0.39, 0.29) is 5.78 Å². The van der Waals surface area contributed by atoms with Crippen LogP contribution >= 0.6 is 11.8 Å². The zero-order valence-electron chi connectivity index (χ0n) is 10.1. The van der Waals surface area contributed by atoms with E-state index in [0.29, 0.717) is 5.75 Å². The Hall–Kier alpha value is -1.29. The van der Waals surface area contributed by atoms with Crippen LogP contribution in [0.5, 0.6) is 0 Å². The molecule has 1 N–H and O–H groups in total. The van der Waals surface area contributed by atoms with Gasteiger partial charge in [-0.25, -0.2) is 4.98 Å². The summed E-state index contributed by atoms with van der Waals surface area (Å²) in [6, 6.07) is 5.68. The van der Waals surface area contributed by atoms with Gasteiger partial charge in [-0.15, -0.1) is 0 Å². The maximum atomic E-state index is 11.9. The lowest BCUT2D eigenvalue weighted by atomic mass is 10.1. The van der Waals surface area contributed by atoms with Crippen molar-refractivity contribution < 1.29 is 4.79 Å². The number of H-pyrrole nitrogens is 1. The van der Waals surface area contributed by atoms with E-state index in [0.717, 1.165) is 34.6 Å². The predicted octanol–water partition coefficient (Wildman–Crippen LogP) is 3.06. The SMILES string of the molecule is CCSCC(=O)c1ccc2nc(CC)[nH]c2c1. The molecule has 0 aliphatic carbocycles. The van der Waals surface area contributed by atoms with Gasteiger partial charge in [-0.05, 0) is 24.0 Å². The number of Topliss-reactive ketones (excluding diaryl/α,β-unsaturated/α-hetero) is 1. The van der Waals surface area contributed by atoms with Gasteiger partial charge in [0.1, 0.15) is 5.82 Å². The van der Waals surface area contributed by atoms with E-state index < -0.39 is 0 Å². The van der Waals surface area contributed by atoms with Crippen LogP contribution in [0.2, 0.25) is 0 Å². The standard InChI is InChI=1S/C13H16N2OS/c1-3-13-14-10-6-5-9(7-11(10)15-13)12(16)8-17-4-2/h5-7H,3-4,8H2,1-2H3,(H,14,15). The Balaban J connectivity index is 2.27. The molecule has 90 valence electrons. The highest BCUT2D eigenvalue weighted by atomic mass is 32.2. The first-order valence-electron chi connectivity index (χ1n) is 5.84. The summed E-state index contributed by atoms with van der Waals surface area (Å²) in [7, 11) is 0. The highest BCUT2D eigenvalue weighted by Gasteiger charge is 2.08. The van der Waals surface area contributed by atoms with Gasteiger partial charge in [-0.1, -0.05) is 13.8 Å². The number of ketones is 1. The number of fused-ring (bicyclic) bond motifs is 1. The molecule has 0 atom stereocenters. The topological polar surface area (TPSA) is 45.8 Å². The van der Waals surface area contributed by atoms with Gasteiger partial charge in [0.15, 0.2) is 5.78 Å². The second-order valence-corrected chi connectivity index (χ2v) is 5.10. The number of aromatic nitrogens is 2. The zero-order chi connectivity index (χ0) is 12.3. The van der Waals surface area contributed by atoms with Crippen LogP contribution < -0.4 is 0 Å². The van der Waals surface area contributed by atoms with Crippen LogP contribution in [0, 0.1) is 0 Å². The molecule has 2 rings (SSSR count). The molecule has 17 heavy (non-hydrogen) atoms. The number of aromatic amines is 1. The molecule has 0 aliphatic rings. The maximum absolute atomic E-state index is 11.9. The van der Waals surface area contributed by atoms with Crippen LogP contribution in [0.4, 0.5) is 0 Å². The van der Waals surface area contributed by atoms with Crippen molar-refractivity contribution in [2.45, 2.75) is 20.3 Å². The number of carbonyl (C=O) groups is 1. The van der Waals surface area contributed by atoms with Crippen LogP contribution in [0.1, 0.15) is 30.0 Å². The fourth-order valence-electron chi connectivity index (χ4n) is 1.68. The maximum Gasteiger partial charge on any atom is 0.172 e. The third kappa shape index (κ3) is 2.69. The van der Waals surface area contributed by atoms with E-state index >= 15 is 0 Å². The summed E-state index contributed by atoms with van der Waals surface area (Å²) in [4.78, 5) is 19.5. The zero-order valence-corrected chi connectivity index (χ0v) is 10.9. The Morgan fingerprint density at radius 1 is 1.41 bits per heavy atom. The molecule has 0 fully saturated rings. The molecule has 2 aromatic rings. The summed E-state index contributed by atoms with van der Waals surface area (Å²) >= 11 is 1.65. The molecule has 0 unspecified atom stereocenters. The average molecular weight is 248 g/mol. The summed E-state index contributed by atoms with van der Waals surface area (Å²) < 4.78 is 0. The molecule has 0 saturated heterocycles. The van der Waals surface area contributed by atoms with Gasteiger partial charge in [0.25, 0.3) is 0 Å². The minimum Gasteiger partial charge on any atom is -0.342 e. The summed E-state index contributed by atoms with van der Waals surface area (Å²) in [6.45, 7) is 4.12. The van der Waals surface area contributed by atoms with E-state index in [1.807, 2.05) is 18.2 Å². The Morgan fingerprint density at radius 3 is 2.94 bits per heavy atom. The number of hydrogen-bond donors (Lipinski definition) is 1. The summed E-state index contributed by atoms with van der Waals surface area (Å²) in [5.41, 5.74) is 2.65. The normalized spacial score (nSPS) is 10.9. The second-order valence-electron chi connectivity index (χ2n) is 3.83. The first-order valence-corrected chi connectivity index (χ1v) is 6.99. The quantitative estimate of drug-likeness (QED) is 0.827. The number of aryl methyl sites for hydroxylation is 1. The fourth-order valence-corrected chi connectivity index (χ4v) is 2.24. The first kappa shape index (κ1) is 12.2. The van der Waals surface area contributed by atoms with Gasteiger partial charge < -0.3 is 4.98 Å². The van der Waals surface area contributed by atoms with E-state index in [2.05, 4.69) is 23.8 Å². The van der Waals surface area contributed by atoms with E-state index in [9.17, 15) is 4.79 Å². The molecule has 0 spiro atoms. The lowest BCUT2D eigenvalue weighted by molar-refractivity contribution is 0.102. The molecule has 0 bridgehead atoms. The van der Waals surface area contributed by atoms with Gasteiger partial charge in [0.2, 0.25) is 0 Å². The first-order chi connectivity index (χ1) is 8.24. The molecule has 3 nitrogen and oxygen atoms in total. The predicted molar refractivity (Wildman–Crippen MR) is 72.8 cm³/mol. The van der Waals surface area contributed by atoms with E-state index in [1.54, 1.807) is 11.8 Å². The second kappa shape index (κ2) is 5.36. The lowest BCUT2D eigenvalue weighted by Gasteiger charge is -1.99. The largest absolute Gasteiger partial charge is 0.342 e. The number of nitrogens with zero attached hydrogens (tertiary/aromatic N) is 1. The molecular formula is C13H16N2OS. The van der Waals surface area contributed by atoms with Gasteiger partial charge in [0.05, 0.1) is 16.8 Å². The van der Waals surface area contributed by atoms with E-state index in [4.69, 9.17) is 0 Å². The highest BCUT2D eigenvalue weighted by molar-refractivity contribution is 7.99. The van der Waals surface area contributed by atoms with Gasteiger partial charge >= 0.3 is 0 Å². The molecule has 0 aliphatic heterocycles. The van der Waals surface area contributed by atoms with Crippen molar-refractivity contribution >= 4 is 28.6 Å². The van der Waals surface area contributed by atoms with Crippen LogP contribution in [0.3, 0.4) is 0 Å². The molecule has 0 amide bonds. The Kier molecular flexibility index (Phi) is 3.84. The fraction of sp³-hybridized carbons (Fsp3) is 0.385. The van der Waals surface area contributed by atoms with Gasteiger partial charge in [-0.3, -0.25) is 4.79 Å². The monoisotopic (exact) mass is 248 g/mol. The molecule has 1 heterocycles. The Labute approximate surface area is 105 Å². The average Bonchev–Trinajstić information content (AvgIpc) is 2.77. The molecule has 1 aromatic carbocycles. The van der Waals surface area contributed by atoms with Crippen molar-refractivity contribution in [1.82, 2.24) is 9.97 Å². The van der Waals surface area contributed by atoms with Crippen molar-refractivity contribution in [2.75, 3.05) is 11.5 Å². The van der Waals surface area contributed by atoms with Crippen molar-refractivity contribution in [2.24, 2.45) is 0 Å². The molecule has 0 radical (unpaired) electrons. The number of carbonyl (C=O) groups excluding carboxylic acids is 1. The Bertz CT molecular complexity index is 533. The number of thioether (sulfide) groups is 1. The Morgan fingerprint density at radius 2 is 2.24 bits per heavy atom. The number of benzene rings is 1. The number of hydrogen-bond acceptors (Lipinski definition) is 3. The molecular weight excluding hydrogens is 232 g/mol. The minimum absolute atomic E-state index is 0.186. The van der Waals surface area contributed by atoms with Crippen molar-refractivity contribution in [1.29, 1.82) is 0 Å². The minimum atomic E-state index is 0.186. The van der Waals surface area contributed by atoms with Crippen LogP contribution in [-0.4, -0.2) is 27.3 Å². The van der Waals surface area contributed by atoms with Crippen LogP contribution in [-0.2, 0) is 6.42 Å². The number of nitrogens with one attached hydrogen (secondary N) is 1. The number of rotatable bonds is 5. The van der Waals surface area contributed by atoms with Crippen LogP contribution in [0.25, 0.3) is 11.0 Å². The third-order valence-electron chi connectivity index (χ3n) is 2.63. The molecule has 1 aromatic heterocycles. The van der Waals surface area contributed by atoms with Crippen LogP contribution in [0.15, 0.2) is 18.2 Å². The molecule has 0 saturated carbocycles. The summed E-state index contributed by atoms with van der Waals surface area (Å²) in [6.07, 6.45) is 0.879. The summed E-state index contributed by atoms with van der Waals surface area (Å²) in [5, 5.41) is 0. The van der Waals surface area contributed by atoms with Crippen molar-refractivity contribution in [3.8, 4) is 0 Å². The smallest absolute Gasteiger partial charge is 0.172 e.